The maximum atomic E-state index is 10.6. The third-order valence-corrected chi connectivity index (χ3v) is 2.22. The lowest BCUT2D eigenvalue weighted by atomic mass is 10.0. The van der Waals surface area contributed by atoms with Gasteiger partial charge >= 0.3 is 5.97 Å². The predicted molar refractivity (Wildman–Crippen MR) is 62.4 cm³/mol. The maximum absolute atomic E-state index is 10.6. The third-order valence-electron chi connectivity index (χ3n) is 2.22. The summed E-state index contributed by atoms with van der Waals surface area (Å²) in [4.78, 5) is 18.6. The first-order chi connectivity index (χ1) is 7.77. The van der Waals surface area contributed by atoms with Crippen molar-refractivity contribution in [2.24, 2.45) is 0 Å². The van der Waals surface area contributed by atoms with E-state index in [2.05, 4.69) is 0 Å². The molecule has 3 heteroatoms. The number of carbonyl (C=O) groups is 2. The Bertz CT molecular complexity index is 486. The minimum atomic E-state index is -0.790. The molecule has 0 fully saturated rings. The zero-order valence-electron chi connectivity index (χ0n) is 8.72. The monoisotopic (exact) mass is 216 g/mol. The Morgan fingerprint density at radius 3 is 2.38 bits per heavy atom. The molecule has 0 aliphatic heterocycles. The van der Waals surface area contributed by atoms with Gasteiger partial charge in [0.15, 0.2) is 0 Å². The van der Waals surface area contributed by atoms with Crippen LogP contribution in [0.25, 0.3) is 10.8 Å². The fourth-order valence-corrected chi connectivity index (χ4v) is 1.61. The van der Waals surface area contributed by atoms with E-state index >= 15 is 0 Å². The Morgan fingerprint density at radius 1 is 1.06 bits per heavy atom. The van der Waals surface area contributed by atoms with Gasteiger partial charge in [0, 0.05) is 0 Å². The lowest BCUT2D eigenvalue weighted by molar-refractivity contribution is -0.136. The van der Waals surface area contributed by atoms with Gasteiger partial charge in [-0.1, -0.05) is 42.5 Å². The van der Waals surface area contributed by atoms with Crippen LogP contribution in [0.15, 0.2) is 42.5 Å². The maximum Gasteiger partial charge on any atom is 0.307 e. The van der Waals surface area contributed by atoms with Crippen molar-refractivity contribution in [3.05, 3.63) is 48.0 Å². The van der Waals surface area contributed by atoms with Crippen molar-refractivity contribution in [1.29, 1.82) is 0 Å². The number of carbonyl (C=O) groups excluding carboxylic acids is 1. The lowest BCUT2D eigenvalue weighted by Gasteiger charge is -2.02. The van der Waals surface area contributed by atoms with E-state index in [4.69, 9.17) is 9.90 Å². The molecule has 0 amide bonds. The summed E-state index contributed by atoms with van der Waals surface area (Å²) in [6, 6.07) is 13.5. The molecule has 2 aromatic rings. The molecule has 0 spiro atoms. The molecule has 0 aliphatic rings. The van der Waals surface area contributed by atoms with Crippen molar-refractivity contribution in [2.45, 2.75) is 6.42 Å². The summed E-state index contributed by atoms with van der Waals surface area (Å²) < 4.78 is 0. The molecule has 0 heterocycles. The molecule has 0 aliphatic carbocycles. The third kappa shape index (κ3) is 2.67. The van der Waals surface area contributed by atoms with E-state index in [9.17, 15) is 4.79 Å². The van der Waals surface area contributed by atoms with E-state index in [1.54, 1.807) is 0 Å². The molecule has 2 aromatic carbocycles. The second-order valence-corrected chi connectivity index (χ2v) is 3.21. The highest BCUT2D eigenvalue weighted by Gasteiger charge is 2.03. The van der Waals surface area contributed by atoms with Crippen LogP contribution in [0, 0.1) is 0 Å². The van der Waals surface area contributed by atoms with Crippen LogP contribution >= 0.6 is 0 Å². The Kier molecular flexibility index (Phi) is 4.21. The Hall–Kier alpha value is -2.16. The first kappa shape index (κ1) is 11.9. The van der Waals surface area contributed by atoms with Crippen LogP contribution in [0.5, 0.6) is 0 Å². The number of hydrogen-bond acceptors (Lipinski definition) is 2. The number of fused-ring (bicyclic) bond motifs is 1. The summed E-state index contributed by atoms with van der Waals surface area (Å²) in [6.45, 7) is 2.00. The molecule has 0 atom stereocenters. The molecule has 0 unspecified atom stereocenters. The van der Waals surface area contributed by atoms with Crippen molar-refractivity contribution >= 4 is 23.5 Å². The summed E-state index contributed by atoms with van der Waals surface area (Å²) in [5.74, 6) is -0.790. The average molecular weight is 216 g/mol. The summed E-state index contributed by atoms with van der Waals surface area (Å²) in [5, 5.41) is 10.8. The van der Waals surface area contributed by atoms with E-state index in [0.29, 0.717) is 0 Å². The molecule has 0 bridgehead atoms. The van der Waals surface area contributed by atoms with Gasteiger partial charge < -0.3 is 9.90 Å². The van der Waals surface area contributed by atoms with Gasteiger partial charge in [-0.2, -0.15) is 0 Å². The minimum absolute atomic E-state index is 0.0847. The Labute approximate surface area is 93.3 Å². The van der Waals surface area contributed by atoms with Gasteiger partial charge in [-0.15, -0.1) is 0 Å². The molecule has 0 saturated heterocycles. The average Bonchev–Trinajstić information content (AvgIpc) is 2.31. The van der Waals surface area contributed by atoms with Crippen LogP contribution in [0.1, 0.15) is 5.56 Å². The normalized spacial score (nSPS) is 9.25. The summed E-state index contributed by atoms with van der Waals surface area (Å²) in [5.41, 5.74) is 0.871. The van der Waals surface area contributed by atoms with Crippen LogP contribution in [0.3, 0.4) is 0 Å². The molecule has 82 valence electrons. The number of aliphatic carboxylic acids is 1. The number of rotatable bonds is 2. The number of carboxylic acids is 1. The van der Waals surface area contributed by atoms with E-state index in [0.717, 1.165) is 16.3 Å². The summed E-state index contributed by atoms with van der Waals surface area (Å²) in [6.07, 6.45) is 0.0847. The van der Waals surface area contributed by atoms with Gasteiger partial charge in [-0.05, 0) is 16.3 Å². The minimum Gasteiger partial charge on any atom is -0.481 e. The highest BCUT2D eigenvalue weighted by Crippen LogP contribution is 2.18. The number of carboxylic acid groups (broad SMARTS) is 1. The van der Waals surface area contributed by atoms with Crippen LogP contribution in [0.2, 0.25) is 0 Å². The first-order valence-electron chi connectivity index (χ1n) is 4.74. The Balaban J connectivity index is 0.000000606. The first-order valence-corrected chi connectivity index (χ1v) is 4.74. The number of hydrogen-bond donors (Lipinski definition) is 1. The topological polar surface area (TPSA) is 54.4 Å². The molecule has 2 rings (SSSR count). The summed E-state index contributed by atoms with van der Waals surface area (Å²) in [7, 11) is 0. The van der Waals surface area contributed by atoms with Crippen LogP contribution in [0.4, 0.5) is 0 Å². The van der Waals surface area contributed by atoms with Gasteiger partial charge in [0.05, 0.1) is 6.42 Å². The molecular weight excluding hydrogens is 204 g/mol. The van der Waals surface area contributed by atoms with Gasteiger partial charge in [0.25, 0.3) is 0 Å². The molecule has 0 saturated carbocycles. The molecule has 3 nitrogen and oxygen atoms in total. The Morgan fingerprint density at radius 2 is 1.69 bits per heavy atom. The van der Waals surface area contributed by atoms with Crippen molar-refractivity contribution < 1.29 is 14.7 Å². The van der Waals surface area contributed by atoms with Gasteiger partial charge in [-0.25, -0.2) is 0 Å². The number of benzene rings is 2. The standard InChI is InChI=1S/C12H10O2.CH2O/c13-12(14)8-10-6-3-5-9-4-1-2-7-11(9)10;1-2/h1-7H,8H2,(H,13,14);1H2. The molecule has 0 aromatic heterocycles. The van der Waals surface area contributed by atoms with Crippen LogP contribution < -0.4 is 0 Å². The van der Waals surface area contributed by atoms with Gasteiger partial charge in [0.2, 0.25) is 0 Å². The predicted octanol–water partition coefficient (Wildman–Crippen LogP) is 2.28. The molecule has 16 heavy (non-hydrogen) atoms. The van der Waals surface area contributed by atoms with Crippen molar-refractivity contribution in [3.63, 3.8) is 0 Å². The fourth-order valence-electron chi connectivity index (χ4n) is 1.61. The molecule has 0 radical (unpaired) electrons. The fraction of sp³-hybridized carbons (Fsp3) is 0.0769. The zero-order chi connectivity index (χ0) is 12.0. The van der Waals surface area contributed by atoms with Gasteiger partial charge in [0.1, 0.15) is 6.79 Å². The highest BCUT2D eigenvalue weighted by atomic mass is 16.4. The van der Waals surface area contributed by atoms with E-state index < -0.39 is 5.97 Å². The largest absolute Gasteiger partial charge is 0.481 e. The van der Waals surface area contributed by atoms with Crippen molar-refractivity contribution in [2.75, 3.05) is 0 Å². The second-order valence-electron chi connectivity index (χ2n) is 3.21. The molecule has 1 N–H and O–H groups in total. The van der Waals surface area contributed by atoms with E-state index in [-0.39, 0.29) is 6.42 Å². The quantitative estimate of drug-likeness (QED) is 0.837. The highest BCUT2D eigenvalue weighted by molar-refractivity contribution is 5.88. The van der Waals surface area contributed by atoms with Crippen molar-refractivity contribution in [3.8, 4) is 0 Å². The van der Waals surface area contributed by atoms with Crippen LogP contribution in [-0.4, -0.2) is 17.9 Å². The van der Waals surface area contributed by atoms with Gasteiger partial charge in [-0.3, -0.25) is 4.79 Å². The second kappa shape index (κ2) is 5.66. The smallest absolute Gasteiger partial charge is 0.307 e. The molecular formula is C13H12O3. The van der Waals surface area contributed by atoms with E-state index in [1.807, 2.05) is 49.3 Å². The SMILES string of the molecule is C=O.O=C(O)Cc1cccc2ccccc12. The van der Waals surface area contributed by atoms with E-state index in [1.165, 1.54) is 0 Å². The zero-order valence-corrected chi connectivity index (χ0v) is 8.72. The van der Waals surface area contributed by atoms with Crippen LogP contribution in [-0.2, 0) is 16.0 Å². The van der Waals surface area contributed by atoms with Crippen molar-refractivity contribution in [1.82, 2.24) is 0 Å². The lowest BCUT2D eigenvalue weighted by Crippen LogP contribution is -2.00. The summed E-state index contributed by atoms with van der Waals surface area (Å²) >= 11 is 0.